The molecule has 2 aromatic heterocycles. The molecule has 1 fully saturated rings. The Labute approximate surface area is 127 Å². The first-order valence-electron chi connectivity index (χ1n) is 8.15. The largest absolute Gasteiger partial charge is 0.355 e. The molecule has 0 amide bonds. The lowest BCUT2D eigenvalue weighted by atomic mass is 9.94. The quantitative estimate of drug-likeness (QED) is 0.940. The minimum Gasteiger partial charge on any atom is -0.355 e. The monoisotopic (exact) mass is 286 g/mol. The van der Waals surface area contributed by atoms with E-state index < -0.39 is 0 Å². The minimum atomic E-state index is 0.150. The number of piperidine rings is 1. The first-order valence-corrected chi connectivity index (χ1v) is 8.15. The van der Waals surface area contributed by atoms with Crippen molar-refractivity contribution in [3.63, 3.8) is 0 Å². The van der Waals surface area contributed by atoms with Gasteiger partial charge in [-0.1, -0.05) is 19.4 Å². The normalized spacial score (nSPS) is 18.3. The molecule has 0 saturated carbocycles. The Morgan fingerprint density at radius 3 is 2.76 bits per heavy atom. The van der Waals surface area contributed by atoms with E-state index in [-0.39, 0.29) is 6.04 Å². The molecule has 114 valence electrons. The van der Waals surface area contributed by atoms with Gasteiger partial charge < -0.3 is 15.0 Å². The lowest BCUT2D eigenvalue weighted by molar-refractivity contribution is 0.393. The summed E-state index contributed by atoms with van der Waals surface area (Å²) in [5.74, 6) is 2.03. The lowest BCUT2D eigenvalue weighted by Gasteiger charge is -2.32. The highest BCUT2D eigenvalue weighted by Crippen LogP contribution is 2.28. The average Bonchev–Trinajstić information content (AvgIpc) is 2.86. The fourth-order valence-electron chi connectivity index (χ4n) is 3.34. The van der Waals surface area contributed by atoms with Gasteiger partial charge in [0.1, 0.15) is 5.65 Å². The summed E-state index contributed by atoms with van der Waals surface area (Å²) >= 11 is 0. The fourth-order valence-corrected chi connectivity index (χ4v) is 3.34. The molecule has 4 nitrogen and oxygen atoms in total. The second-order valence-electron chi connectivity index (χ2n) is 6.33. The summed E-state index contributed by atoms with van der Waals surface area (Å²) in [7, 11) is 0. The van der Waals surface area contributed by atoms with E-state index in [1.807, 2.05) is 6.07 Å². The van der Waals surface area contributed by atoms with E-state index in [4.69, 9.17) is 10.7 Å². The Hall–Kier alpha value is -1.55. The zero-order chi connectivity index (χ0) is 14.8. The van der Waals surface area contributed by atoms with E-state index in [1.165, 1.54) is 25.0 Å². The third-order valence-electron chi connectivity index (χ3n) is 4.61. The number of aromatic nitrogens is 2. The highest BCUT2D eigenvalue weighted by atomic mass is 15.2. The van der Waals surface area contributed by atoms with Crippen LogP contribution in [-0.4, -0.2) is 28.5 Å². The summed E-state index contributed by atoms with van der Waals surface area (Å²) in [6.07, 6.45) is 6.83. The molecule has 4 heteroatoms. The van der Waals surface area contributed by atoms with Gasteiger partial charge in [-0.2, -0.15) is 0 Å². The van der Waals surface area contributed by atoms with Gasteiger partial charge >= 0.3 is 0 Å². The average molecular weight is 286 g/mol. The third kappa shape index (κ3) is 2.91. The first kappa shape index (κ1) is 14.4. The zero-order valence-electron chi connectivity index (χ0n) is 13.1. The van der Waals surface area contributed by atoms with Crippen molar-refractivity contribution in [1.82, 2.24) is 9.38 Å². The second-order valence-corrected chi connectivity index (χ2v) is 6.33. The fraction of sp³-hybridized carbons (Fsp3) is 0.588. The van der Waals surface area contributed by atoms with Crippen molar-refractivity contribution in [2.45, 2.75) is 45.6 Å². The van der Waals surface area contributed by atoms with Gasteiger partial charge in [0.15, 0.2) is 5.82 Å². The standard InChI is InChI=1S/C17H26N4/c1-3-14-7-10-20(11-8-14)17-15(12-13(2)18)21-9-5-4-6-16(21)19-17/h4-6,9,13-14H,3,7-8,10-12,18H2,1-2H3. The molecule has 0 spiro atoms. The van der Waals surface area contributed by atoms with E-state index in [2.05, 4.69) is 41.5 Å². The molecule has 1 unspecified atom stereocenters. The maximum absolute atomic E-state index is 6.06. The molecule has 0 radical (unpaired) electrons. The highest BCUT2D eigenvalue weighted by molar-refractivity contribution is 5.56. The van der Waals surface area contributed by atoms with Crippen LogP contribution in [0.4, 0.5) is 5.82 Å². The molecule has 2 aromatic rings. The zero-order valence-corrected chi connectivity index (χ0v) is 13.1. The minimum absolute atomic E-state index is 0.150. The Morgan fingerprint density at radius 1 is 1.33 bits per heavy atom. The molecule has 0 bridgehead atoms. The van der Waals surface area contributed by atoms with Crippen LogP contribution in [0.15, 0.2) is 24.4 Å². The van der Waals surface area contributed by atoms with Gasteiger partial charge in [-0.25, -0.2) is 4.98 Å². The van der Waals surface area contributed by atoms with Crippen LogP contribution >= 0.6 is 0 Å². The molecule has 0 aliphatic carbocycles. The molecule has 3 rings (SSSR count). The van der Waals surface area contributed by atoms with Gasteiger partial charge in [-0.15, -0.1) is 0 Å². The Bertz CT molecular complexity index is 594. The number of fused-ring (bicyclic) bond motifs is 1. The number of imidazole rings is 1. The molecule has 0 aromatic carbocycles. The van der Waals surface area contributed by atoms with Crippen LogP contribution in [0.3, 0.4) is 0 Å². The summed E-state index contributed by atoms with van der Waals surface area (Å²) in [6.45, 7) is 6.60. The van der Waals surface area contributed by atoms with Crippen LogP contribution in [0.5, 0.6) is 0 Å². The predicted octanol–water partition coefficient (Wildman–Crippen LogP) is 2.85. The van der Waals surface area contributed by atoms with Crippen LogP contribution < -0.4 is 10.6 Å². The van der Waals surface area contributed by atoms with E-state index in [0.29, 0.717) is 0 Å². The number of anilines is 1. The van der Waals surface area contributed by atoms with Crippen molar-refractivity contribution >= 4 is 11.5 Å². The number of hydrogen-bond acceptors (Lipinski definition) is 3. The second kappa shape index (κ2) is 6.06. The summed E-state index contributed by atoms with van der Waals surface area (Å²) in [4.78, 5) is 7.33. The molecule has 1 aliphatic rings. The SMILES string of the molecule is CCC1CCN(c2nc3ccccn3c2CC(C)N)CC1. The van der Waals surface area contributed by atoms with Gasteiger partial charge in [0.05, 0.1) is 5.69 Å². The molecule has 21 heavy (non-hydrogen) atoms. The van der Waals surface area contributed by atoms with Gasteiger partial charge in [-0.3, -0.25) is 0 Å². The molecular weight excluding hydrogens is 260 g/mol. The first-order chi connectivity index (χ1) is 10.2. The Morgan fingerprint density at radius 2 is 2.10 bits per heavy atom. The van der Waals surface area contributed by atoms with E-state index >= 15 is 0 Å². The number of nitrogens with two attached hydrogens (primary N) is 1. The van der Waals surface area contributed by atoms with Crippen molar-refractivity contribution in [3.8, 4) is 0 Å². The van der Waals surface area contributed by atoms with Crippen LogP contribution in [0.25, 0.3) is 5.65 Å². The van der Waals surface area contributed by atoms with Crippen molar-refractivity contribution in [3.05, 3.63) is 30.1 Å². The number of pyridine rings is 1. The topological polar surface area (TPSA) is 46.6 Å². The predicted molar refractivity (Wildman–Crippen MR) is 87.8 cm³/mol. The van der Waals surface area contributed by atoms with Crippen LogP contribution in [0.2, 0.25) is 0 Å². The lowest BCUT2D eigenvalue weighted by Crippen LogP contribution is -2.34. The maximum atomic E-state index is 6.06. The molecule has 1 atom stereocenters. The summed E-state index contributed by atoms with van der Waals surface area (Å²) in [5, 5.41) is 0. The van der Waals surface area contributed by atoms with E-state index in [1.54, 1.807) is 0 Å². The van der Waals surface area contributed by atoms with Crippen molar-refractivity contribution < 1.29 is 0 Å². The van der Waals surface area contributed by atoms with Gasteiger partial charge in [-0.05, 0) is 37.8 Å². The summed E-state index contributed by atoms with van der Waals surface area (Å²) < 4.78 is 2.20. The van der Waals surface area contributed by atoms with Gasteiger partial charge in [0, 0.05) is 31.7 Å². The summed E-state index contributed by atoms with van der Waals surface area (Å²) in [5.41, 5.74) is 8.35. The molecule has 3 heterocycles. The van der Waals surface area contributed by atoms with Gasteiger partial charge in [0.25, 0.3) is 0 Å². The van der Waals surface area contributed by atoms with E-state index in [0.717, 1.165) is 36.9 Å². The highest BCUT2D eigenvalue weighted by Gasteiger charge is 2.23. The Kier molecular flexibility index (Phi) is 4.15. The third-order valence-corrected chi connectivity index (χ3v) is 4.61. The molecule has 1 saturated heterocycles. The van der Waals surface area contributed by atoms with Crippen LogP contribution in [0.1, 0.15) is 38.8 Å². The van der Waals surface area contributed by atoms with Crippen LogP contribution in [0, 0.1) is 5.92 Å². The van der Waals surface area contributed by atoms with Gasteiger partial charge in [0.2, 0.25) is 0 Å². The molecule has 2 N–H and O–H groups in total. The molecule has 1 aliphatic heterocycles. The Balaban J connectivity index is 1.93. The smallest absolute Gasteiger partial charge is 0.151 e. The van der Waals surface area contributed by atoms with Crippen molar-refractivity contribution in [2.24, 2.45) is 11.7 Å². The van der Waals surface area contributed by atoms with E-state index in [9.17, 15) is 0 Å². The number of hydrogen-bond donors (Lipinski definition) is 1. The number of rotatable bonds is 4. The molecular formula is C17H26N4. The number of nitrogens with zero attached hydrogens (tertiary/aromatic N) is 3. The van der Waals surface area contributed by atoms with Crippen LogP contribution in [-0.2, 0) is 6.42 Å². The maximum Gasteiger partial charge on any atom is 0.151 e. The van der Waals surface area contributed by atoms with Crippen molar-refractivity contribution in [2.75, 3.05) is 18.0 Å². The summed E-state index contributed by atoms with van der Waals surface area (Å²) in [6, 6.07) is 6.34. The van der Waals surface area contributed by atoms with Crippen molar-refractivity contribution in [1.29, 1.82) is 0 Å².